The number of amides is 3. The number of carbonyl (C=O) groups is 2. The van der Waals surface area contributed by atoms with E-state index in [2.05, 4.69) is 0 Å². The summed E-state index contributed by atoms with van der Waals surface area (Å²) in [6.45, 7) is 0.147. The fourth-order valence-electron chi connectivity index (χ4n) is 1.60. The van der Waals surface area contributed by atoms with Crippen LogP contribution in [0, 0.1) is 0 Å². The second-order valence-electron chi connectivity index (χ2n) is 3.12. The maximum Gasteiger partial charge on any atom is 0.427 e. The molecule has 0 fully saturated rings. The molecule has 78 valence electrons. The molecule has 2 rings (SSSR count). The van der Waals surface area contributed by atoms with Crippen LogP contribution in [0.4, 0.5) is 15.3 Å². The lowest BCUT2D eigenvalue weighted by molar-refractivity contribution is 0.143. The number of carboxylic acid groups (broad SMARTS) is 1. The van der Waals surface area contributed by atoms with Crippen molar-refractivity contribution < 1.29 is 14.7 Å². The number of rotatable bonds is 0. The van der Waals surface area contributed by atoms with E-state index >= 15 is 0 Å². The predicted molar refractivity (Wildman–Crippen MR) is 52.1 cm³/mol. The van der Waals surface area contributed by atoms with Crippen LogP contribution in [0.1, 0.15) is 5.56 Å². The summed E-state index contributed by atoms with van der Waals surface area (Å²) in [5.74, 6) is 0. The van der Waals surface area contributed by atoms with Gasteiger partial charge in [0.1, 0.15) is 0 Å². The van der Waals surface area contributed by atoms with Crippen LogP contribution >= 0.6 is 0 Å². The summed E-state index contributed by atoms with van der Waals surface area (Å²) < 4.78 is 0. The van der Waals surface area contributed by atoms with Gasteiger partial charge in [-0.3, -0.25) is 0 Å². The van der Waals surface area contributed by atoms with Gasteiger partial charge in [0.15, 0.2) is 0 Å². The molecule has 0 atom stereocenters. The second kappa shape index (κ2) is 3.16. The molecule has 0 unspecified atom stereocenters. The zero-order valence-electron chi connectivity index (χ0n) is 7.75. The SMILES string of the molecule is NC(=O)N1c2ccccc2CN1C(=O)O. The van der Waals surface area contributed by atoms with Crippen LogP contribution in [0.15, 0.2) is 24.3 Å². The lowest BCUT2D eigenvalue weighted by atomic mass is 10.2. The molecule has 1 aliphatic rings. The second-order valence-corrected chi connectivity index (χ2v) is 3.12. The number of hydrazine groups is 1. The zero-order valence-corrected chi connectivity index (χ0v) is 7.75. The Kier molecular flexibility index (Phi) is 1.96. The Labute approximate surface area is 85.5 Å². The van der Waals surface area contributed by atoms with Crippen LogP contribution in [-0.4, -0.2) is 22.2 Å². The normalized spacial score (nSPS) is 13.9. The van der Waals surface area contributed by atoms with E-state index in [0.717, 1.165) is 15.6 Å². The third-order valence-electron chi connectivity index (χ3n) is 2.21. The molecule has 0 saturated carbocycles. The van der Waals surface area contributed by atoms with Crippen molar-refractivity contribution >= 4 is 17.8 Å². The third-order valence-corrected chi connectivity index (χ3v) is 2.21. The highest BCUT2D eigenvalue weighted by atomic mass is 16.4. The van der Waals surface area contributed by atoms with Crippen LogP contribution in [0.5, 0.6) is 0 Å². The largest absolute Gasteiger partial charge is 0.464 e. The van der Waals surface area contributed by atoms with Gasteiger partial charge in [-0.15, -0.1) is 0 Å². The number of benzene rings is 1. The number of urea groups is 1. The molecule has 3 N–H and O–H groups in total. The summed E-state index contributed by atoms with van der Waals surface area (Å²) in [5, 5.41) is 10.7. The molecule has 0 bridgehead atoms. The number of hydrogen-bond acceptors (Lipinski definition) is 2. The molecule has 1 heterocycles. The summed E-state index contributed by atoms with van der Waals surface area (Å²) >= 11 is 0. The number of fused-ring (bicyclic) bond motifs is 1. The Bertz CT molecular complexity index is 432. The minimum atomic E-state index is -1.20. The Hall–Kier alpha value is -2.24. The van der Waals surface area contributed by atoms with Crippen molar-refractivity contribution in [3.63, 3.8) is 0 Å². The van der Waals surface area contributed by atoms with Crippen molar-refractivity contribution in [1.29, 1.82) is 0 Å². The molecule has 0 radical (unpaired) electrons. The van der Waals surface area contributed by atoms with E-state index < -0.39 is 12.1 Å². The van der Waals surface area contributed by atoms with Crippen molar-refractivity contribution in [2.45, 2.75) is 6.54 Å². The van der Waals surface area contributed by atoms with Crippen molar-refractivity contribution in [2.24, 2.45) is 5.73 Å². The zero-order chi connectivity index (χ0) is 11.0. The molecule has 15 heavy (non-hydrogen) atoms. The standard InChI is InChI=1S/C9H9N3O3/c10-8(13)12-7-4-2-1-3-6(7)5-11(12)9(14)15/h1-4H,5H2,(H2,10,13)(H,14,15). The van der Waals surface area contributed by atoms with Gasteiger partial charge in [-0.2, -0.15) is 5.01 Å². The molecule has 0 aromatic heterocycles. The Morgan fingerprint density at radius 1 is 1.33 bits per heavy atom. The predicted octanol–water partition coefficient (Wildman–Crippen LogP) is 0.980. The third kappa shape index (κ3) is 1.35. The number of para-hydroxylation sites is 1. The van der Waals surface area contributed by atoms with E-state index in [4.69, 9.17) is 10.8 Å². The van der Waals surface area contributed by atoms with Crippen molar-refractivity contribution in [3.8, 4) is 0 Å². The first-order chi connectivity index (χ1) is 7.11. The number of hydrogen-bond donors (Lipinski definition) is 2. The average Bonchev–Trinajstić information content (AvgIpc) is 2.56. The van der Waals surface area contributed by atoms with Crippen molar-refractivity contribution in [2.75, 3.05) is 5.01 Å². The number of anilines is 1. The molecule has 3 amide bonds. The van der Waals surface area contributed by atoms with Gasteiger partial charge < -0.3 is 10.8 Å². The van der Waals surface area contributed by atoms with Crippen LogP contribution in [0.25, 0.3) is 0 Å². The molecular formula is C9H9N3O3. The fourth-order valence-corrected chi connectivity index (χ4v) is 1.60. The van der Waals surface area contributed by atoms with E-state index in [1.807, 2.05) is 0 Å². The van der Waals surface area contributed by atoms with E-state index in [1.165, 1.54) is 0 Å². The van der Waals surface area contributed by atoms with Gasteiger partial charge in [0.25, 0.3) is 0 Å². The van der Waals surface area contributed by atoms with Crippen molar-refractivity contribution in [3.05, 3.63) is 29.8 Å². The maximum atomic E-state index is 11.1. The molecule has 1 aliphatic heterocycles. The lowest BCUT2D eigenvalue weighted by Crippen LogP contribution is -2.47. The van der Waals surface area contributed by atoms with Gasteiger partial charge in [-0.1, -0.05) is 18.2 Å². The molecule has 6 nitrogen and oxygen atoms in total. The van der Waals surface area contributed by atoms with E-state index in [0.29, 0.717) is 5.69 Å². The molecule has 0 aliphatic carbocycles. The highest BCUT2D eigenvalue weighted by Crippen LogP contribution is 2.30. The van der Waals surface area contributed by atoms with Gasteiger partial charge in [-0.25, -0.2) is 14.6 Å². The topological polar surface area (TPSA) is 86.9 Å². The Morgan fingerprint density at radius 3 is 2.60 bits per heavy atom. The van der Waals surface area contributed by atoms with Crippen LogP contribution < -0.4 is 10.7 Å². The van der Waals surface area contributed by atoms with Gasteiger partial charge in [0.2, 0.25) is 0 Å². The summed E-state index contributed by atoms with van der Waals surface area (Å²) in [4.78, 5) is 22.0. The molecule has 0 saturated heterocycles. The molecule has 6 heteroatoms. The first-order valence-electron chi connectivity index (χ1n) is 4.29. The number of nitrogens with zero attached hydrogens (tertiary/aromatic N) is 2. The fraction of sp³-hybridized carbons (Fsp3) is 0.111. The molecule has 0 spiro atoms. The number of nitrogens with two attached hydrogens (primary N) is 1. The van der Waals surface area contributed by atoms with E-state index in [1.54, 1.807) is 24.3 Å². The van der Waals surface area contributed by atoms with Gasteiger partial charge in [-0.05, 0) is 11.6 Å². The van der Waals surface area contributed by atoms with Gasteiger partial charge >= 0.3 is 12.1 Å². The Balaban J connectivity index is 2.46. The van der Waals surface area contributed by atoms with Gasteiger partial charge in [0.05, 0.1) is 12.2 Å². The molecule has 1 aromatic rings. The number of primary amides is 1. The summed E-state index contributed by atoms with van der Waals surface area (Å²) in [5.41, 5.74) is 6.41. The van der Waals surface area contributed by atoms with Crippen LogP contribution in [0.3, 0.4) is 0 Å². The van der Waals surface area contributed by atoms with Crippen LogP contribution in [0.2, 0.25) is 0 Å². The van der Waals surface area contributed by atoms with E-state index in [9.17, 15) is 9.59 Å². The van der Waals surface area contributed by atoms with Crippen molar-refractivity contribution in [1.82, 2.24) is 5.01 Å². The minimum absolute atomic E-state index is 0.147. The number of carbonyl (C=O) groups excluding carboxylic acids is 1. The summed E-state index contributed by atoms with van der Waals surface area (Å²) in [6, 6.07) is 6.11. The lowest BCUT2D eigenvalue weighted by Gasteiger charge is -2.23. The first-order valence-corrected chi connectivity index (χ1v) is 4.29. The molecular weight excluding hydrogens is 198 g/mol. The maximum absolute atomic E-state index is 11.1. The van der Waals surface area contributed by atoms with E-state index in [-0.39, 0.29) is 6.54 Å². The van der Waals surface area contributed by atoms with Crippen LogP contribution in [-0.2, 0) is 6.54 Å². The highest BCUT2D eigenvalue weighted by molar-refractivity contribution is 5.95. The quantitative estimate of drug-likeness (QED) is 0.664. The smallest absolute Gasteiger partial charge is 0.427 e. The average molecular weight is 207 g/mol. The summed E-state index contributed by atoms with van der Waals surface area (Å²) in [7, 11) is 0. The monoisotopic (exact) mass is 207 g/mol. The Morgan fingerprint density at radius 2 is 2.00 bits per heavy atom. The molecule has 1 aromatic carbocycles. The van der Waals surface area contributed by atoms with Gasteiger partial charge in [0, 0.05) is 0 Å². The highest BCUT2D eigenvalue weighted by Gasteiger charge is 2.33. The first kappa shape index (κ1) is 9.32. The summed E-state index contributed by atoms with van der Waals surface area (Å²) in [6.07, 6.45) is -1.20. The minimum Gasteiger partial charge on any atom is -0.464 e.